The van der Waals surface area contributed by atoms with Crippen LogP contribution in [0, 0.1) is 0 Å². The third kappa shape index (κ3) is 4.52. The van der Waals surface area contributed by atoms with Crippen LogP contribution in [0.25, 0.3) is 0 Å². The Morgan fingerprint density at radius 2 is 1.62 bits per heavy atom. The lowest BCUT2D eigenvalue weighted by Gasteiger charge is -2.25. The second-order valence-electron chi connectivity index (χ2n) is 6.00. The van der Waals surface area contributed by atoms with Gasteiger partial charge in [-0.1, -0.05) is 0 Å². The molecule has 3 heterocycles. The summed E-state index contributed by atoms with van der Waals surface area (Å²) >= 11 is 1.33. The van der Waals surface area contributed by atoms with E-state index in [-0.39, 0.29) is 11.8 Å². The van der Waals surface area contributed by atoms with E-state index in [9.17, 15) is 9.59 Å². The molecule has 0 aromatic carbocycles. The molecule has 2 fully saturated rings. The zero-order valence-electron chi connectivity index (χ0n) is 13.5. The minimum absolute atomic E-state index is 0.177. The highest BCUT2D eigenvalue weighted by Gasteiger charge is 2.26. The van der Waals surface area contributed by atoms with Crippen LogP contribution < -0.4 is 15.4 Å². The van der Waals surface area contributed by atoms with Crippen molar-refractivity contribution in [2.75, 3.05) is 13.2 Å². The van der Waals surface area contributed by atoms with E-state index >= 15 is 0 Å². The van der Waals surface area contributed by atoms with Gasteiger partial charge in [-0.15, -0.1) is 0 Å². The number of rotatable bonds is 4. The van der Waals surface area contributed by atoms with Crippen LogP contribution in [0.4, 0.5) is 0 Å². The van der Waals surface area contributed by atoms with E-state index in [2.05, 4.69) is 15.4 Å². The van der Waals surface area contributed by atoms with Gasteiger partial charge in [0.05, 0.1) is 5.70 Å². The molecule has 3 aliphatic rings. The first-order valence-electron chi connectivity index (χ1n) is 8.41. The number of nitrogens with one attached hydrogen (secondary N) is 3. The monoisotopic (exact) mass is 353 g/mol. The number of carbonyl (C=O) groups excluding carboxylic acids is 2. The molecule has 24 heavy (non-hydrogen) atoms. The van der Waals surface area contributed by atoms with Crippen molar-refractivity contribution in [2.45, 2.75) is 50.7 Å². The van der Waals surface area contributed by atoms with Crippen LogP contribution in [0.5, 0.6) is 0 Å². The number of ether oxygens (including phenoxy) is 2. The van der Waals surface area contributed by atoms with Gasteiger partial charge in [-0.2, -0.15) is 0 Å². The predicted molar refractivity (Wildman–Crippen MR) is 90.4 cm³/mol. The SMILES string of the molecule is O=C(NC1=C(NC(=O)C2CCCCO2)NSC=C1)C1CCCCO1. The van der Waals surface area contributed by atoms with Gasteiger partial charge in [0.1, 0.15) is 18.0 Å². The lowest BCUT2D eigenvalue weighted by molar-refractivity contribution is -0.135. The molecule has 2 atom stereocenters. The average Bonchev–Trinajstić information content (AvgIpc) is 2.64. The standard InChI is InChI=1S/C16H23N3O4S/c20-15(12-5-1-3-8-22-12)17-11-7-10-24-19-14(11)18-16(21)13-6-2-4-9-23-13/h7,10,12-13,19H,1-6,8-9H2,(H,17,20)(H,18,21). The smallest absolute Gasteiger partial charge is 0.254 e. The Bertz CT molecular complexity index is 537. The zero-order valence-corrected chi connectivity index (χ0v) is 14.3. The maximum atomic E-state index is 12.3. The van der Waals surface area contributed by atoms with Crippen LogP contribution in [-0.2, 0) is 19.1 Å². The minimum atomic E-state index is -0.428. The molecule has 132 valence electrons. The number of amides is 2. The summed E-state index contributed by atoms with van der Waals surface area (Å²) < 4.78 is 14.0. The summed E-state index contributed by atoms with van der Waals surface area (Å²) in [4.78, 5) is 24.6. The number of allylic oxidation sites excluding steroid dienone is 1. The molecule has 0 radical (unpaired) electrons. The molecule has 0 aromatic heterocycles. The maximum Gasteiger partial charge on any atom is 0.254 e. The number of carbonyl (C=O) groups is 2. The van der Waals surface area contributed by atoms with E-state index in [1.807, 2.05) is 5.41 Å². The second kappa shape index (κ2) is 8.55. The molecule has 0 bridgehead atoms. The van der Waals surface area contributed by atoms with Crippen LogP contribution in [0.2, 0.25) is 0 Å². The van der Waals surface area contributed by atoms with Crippen LogP contribution in [0.3, 0.4) is 0 Å². The predicted octanol–water partition coefficient (Wildman–Crippen LogP) is 1.29. The highest BCUT2D eigenvalue weighted by atomic mass is 32.2. The molecule has 0 saturated carbocycles. The van der Waals surface area contributed by atoms with E-state index in [1.54, 1.807) is 6.08 Å². The molecular formula is C16H23N3O4S. The van der Waals surface area contributed by atoms with Gasteiger partial charge in [0, 0.05) is 13.2 Å². The lowest BCUT2D eigenvalue weighted by atomic mass is 10.1. The van der Waals surface area contributed by atoms with Gasteiger partial charge in [-0.05, 0) is 62.0 Å². The van der Waals surface area contributed by atoms with Gasteiger partial charge in [0.2, 0.25) is 0 Å². The molecule has 2 amide bonds. The van der Waals surface area contributed by atoms with E-state index < -0.39 is 12.2 Å². The molecule has 0 aliphatic carbocycles. The van der Waals surface area contributed by atoms with E-state index in [4.69, 9.17) is 9.47 Å². The van der Waals surface area contributed by atoms with Crippen molar-refractivity contribution in [3.05, 3.63) is 23.0 Å². The van der Waals surface area contributed by atoms with E-state index in [0.717, 1.165) is 38.5 Å². The minimum Gasteiger partial charge on any atom is -0.368 e. The average molecular weight is 353 g/mol. The van der Waals surface area contributed by atoms with Crippen molar-refractivity contribution in [3.63, 3.8) is 0 Å². The van der Waals surface area contributed by atoms with Crippen molar-refractivity contribution < 1.29 is 19.1 Å². The Labute approximate surface area is 145 Å². The van der Waals surface area contributed by atoms with Crippen molar-refractivity contribution in [1.29, 1.82) is 0 Å². The fourth-order valence-electron chi connectivity index (χ4n) is 2.84. The summed E-state index contributed by atoms with van der Waals surface area (Å²) in [6, 6.07) is 0. The van der Waals surface area contributed by atoms with Crippen molar-refractivity contribution >= 4 is 23.8 Å². The summed E-state index contributed by atoms with van der Waals surface area (Å²) in [6.07, 6.45) is 6.32. The van der Waals surface area contributed by atoms with E-state index in [0.29, 0.717) is 24.7 Å². The van der Waals surface area contributed by atoms with Crippen molar-refractivity contribution in [2.24, 2.45) is 0 Å². The maximum absolute atomic E-state index is 12.3. The Hall–Kier alpha value is -1.51. The molecule has 0 aromatic rings. The molecule has 3 aliphatic heterocycles. The van der Waals surface area contributed by atoms with Crippen LogP contribution in [0.15, 0.2) is 23.0 Å². The molecular weight excluding hydrogens is 330 g/mol. The molecule has 3 N–H and O–H groups in total. The number of hydrogen-bond acceptors (Lipinski definition) is 6. The van der Waals surface area contributed by atoms with Crippen LogP contribution in [-0.4, -0.2) is 37.2 Å². The summed E-state index contributed by atoms with van der Waals surface area (Å²) in [6.45, 7) is 1.23. The first kappa shape index (κ1) is 17.3. The van der Waals surface area contributed by atoms with Gasteiger partial charge in [-0.3, -0.25) is 9.59 Å². The van der Waals surface area contributed by atoms with Crippen LogP contribution in [0.1, 0.15) is 38.5 Å². The van der Waals surface area contributed by atoms with Gasteiger partial charge < -0.3 is 24.8 Å². The highest BCUT2D eigenvalue weighted by molar-refractivity contribution is 8.00. The topological polar surface area (TPSA) is 88.7 Å². The third-order valence-electron chi connectivity index (χ3n) is 4.18. The second-order valence-corrected chi connectivity index (χ2v) is 6.71. The van der Waals surface area contributed by atoms with Gasteiger partial charge in [0.25, 0.3) is 11.8 Å². The largest absolute Gasteiger partial charge is 0.368 e. The van der Waals surface area contributed by atoms with Gasteiger partial charge in [0.15, 0.2) is 0 Å². The first-order chi connectivity index (χ1) is 11.7. The van der Waals surface area contributed by atoms with Gasteiger partial charge >= 0.3 is 0 Å². The Morgan fingerprint density at radius 1 is 1.00 bits per heavy atom. The molecule has 7 nitrogen and oxygen atoms in total. The Morgan fingerprint density at radius 3 is 2.21 bits per heavy atom. The lowest BCUT2D eigenvalue weighted by Crippen LogP contribution is -2.44. The Balaban J connectivity index is 1.62. The summed E-state index contributed by atoms with van der Waals surface area (Å²) in [7, 11) is 0. The molecule has 2 saturated heterocycles. The summed E-state index contributed by atoms with van der Waals surface area (Å²) in [5.41, 5.74) is 0.539. The fourth-order valence-corrected chi connectivity index (χ4v) is 3.39. The van der Waals surface area contributed by atoms with Crippen LogP contribution >= 0.6 is 11.9 Å². The molecule has 3 rings (SSSR count). The normalized spacial score (nSPS) is 27.3. The molecule has 8 heteroatoms. The zero-order chi connectivity index (χ0) is 16.8. The summed E-state index contributed by atoms with van der Waals surface area (Å²) in [5.74, 6) is 0.114. The molecule has 2 unspecified atom stereocenters. The highest BCUT2D eigenvalue weighted by Crippen LogP contribution is 2.17. The molecule has 0 spiro atoms. The first-order valence-corrected chi connectivity index (χ1v) is 9.29. The quantitative estimate of drug-likeness (QED) is 0.660. The fraction of sp³-hybridized carbons (Fsp3) is 0.625. The van der Waals surface area contributed by atoms with E-state index in [1.165, 1.54) is 11.9 Å². The number of hydrogen-bond donors (Lipinski definition) is 3. The van der Waals surface area contributed by atoms with Crippen molar-refractivity contribution in [1.82, 2.24) is 15.4 Å². The summed E-state index contributed by atoms with van der Waals surface area (Å²) in [5, 5.41) is 7.48. The third-order valence-corrected chi connectivity index (χ3v) is 4.78. The Kier molecular flexibility index (Phi) is 6.17. The van der Waals surface area contributed by atoms with Crippen molar-refractivity contribution in [3.8, 4) is 0 Å². The van der Waals surface area contributed by atoms with Gasteiger partial charge in [-0.25, -0.2) is 0 Å².